The fourth-order valence-electron chi connectivity index (χ4n) is 1.85. The van der Waals surface area contributed by atoms with Gasteiger partial charge in [0.1, 0.15) is 0 Å². The summed E-state index contributed by atoms with van der Waals surface area (Å²) in [6.45, 7) is 1.67. The molecule has 0 fully saturated rings. The van der Waals surface area contributed by atoms with Gasteiger partial charge in [-0.15, -0.1) is 11.3 Å². The summed E-state index contributed by atoms with van der Waals surface area (Å²) in [5.41, 5.74) is 1.03. The molecule has 1 aromatic carbocycles. The van der Waals surface area contributed by atoms with Gasteiger partial charge in [-0.1, -0.05) is 0 Å². The first-order valence-electron chi connectivity index (χ1n) is 6.60. The van der Waals surface area contributed by atoms with E-state index in [9.17, 15) is 13.2 Å². The Morgan fingerprint density at radius 3 is 2.39 bits per heavy atom. The molecule has 120 valence electrons. The van der Waals surface area contributed by atoms with Crippen molar-refractivity contribution in [3.05, 3.63) is 45.6 Å². The van der Waals surface area contributed by atoms with Crippen LogP contribution in [-0.2, 0) is 10.0 Å². The van der Waals surface area contributed by atoms with E-state index in [0.717, 1.165) is 15.6 Å². The molecule has 6 nitrogen and oxygen atoms in total. The summed E-state index contributed by atoms with van der Waals surface area (Å²) in [5, 5.41) is 11.4. The summed E-state index contributed by atoms with van der Waals surface area (Å²) in [6, 6.07) is 9.81. The monoisotopic (exact) mass is 349 g/mol. The number of aryl methyl sites for hydroxylation is 1. The number of carbonyl (C=O) groups is 1. The normalized spacial score (nSPS) is 11.3. The fraction of sp³-hybridized carbons (Fsp3) is 0.200. The number of amides is 1. The van der Waals surface area contributed by atoms with Crippen LogP contribution in [0.2, 0.25) is 0 Å². The Bertz CT molecular complexity index is 876. The highest BCUT2D eigenvalue weighted by atomic mass is 32.2. The van der Waals surface area contributed by atoms with Crippen LogP contribution in [-0.4, -0.2) is 32.7 Å². The summed E-state index contributed by atoms with van der Waals surface area (Å²) >= 11 is 1.12. The minimum atomic E-state index is -3.57. The number of rotatable bonds is 4. The molecule has 8 heteroatoms. The van der Waals surface area contributed by atoms with Crippen molar-refractivity contribution in [2.45, 2.75) is 11.8 Å². The third-order valence-electron chi connectivity index (χ3n) is 3.13. The number of thiophene rings is 1. The predicted molar refractivity (Wildman–Crippen MR) is 89.0 cm³/mol. The average molecular weight is 349 g/mol. The highest BCUT2D eigenvalue weighted by Gasteiger charge is 2.24. The molecule has 0 saturated carbocycles. The molecule has 0 unspecified atom stereocenters. The van der Waals surface area contributed by atoms with Crippen LogP contribution in [0.5, 0.6) is 0 Å². The van der Waals surface area contributed by atoms with Crippen LogP contribution in [0.25, 0.3) is 0 Å². The van der Waals surface area contributed by atoms with E-state index in [1.807, 2.05) is 6.07 Å². The Kier molecular flexibility index (Phi) is 4.85. The van der Waals surface area contributed by atoms with E-state index in [1.54, 1.807) is 31.2 Å². The Morgan fingerprint density at radius 2 is 1.87 bits per heavy atom. The first kappa shape index (κ1) is 17.1. The highest BCUT2D eigenvalue weighted by Crippen LogP contribution is 2.28. The van der Waals surface area contributed by atoms with Crippen molar-refractivity contribution in [3.63, 3.8) is 0 Å². The van der Waals surface area contributed by atoms with Gasteiger partial charge in [0.2, 0.25) is 10.0 Å². The van der Waals surface area contributed by atoms with Crippen LogP contribution in [0.15, 0.2) is 35.2 Å². The lowest BCUT2D eigenvalue weighted by Crippen LogP contribution is -2.22. The van der Waals surface area contributed by atoms with E-state index in [0.29, 0.717) is 21.0 Å². The number of carbonyl (C=O) groups excluding carboxylic acids is 1. The van der Waals surface area contributed by atoms with Gasteiger partial charge in [-0.2, -0.15) is 5.26 Å². The molecular formula is C15H15N3O3S2. The molecule has 1 amide bonds. The second kappa shape index (κ2) is 6.50. The van der Waals surface area contributed by atoms with Gasteiger partial charge in [0, 0.05) is 24.7 Å². The van der Waals surface area contributed by atoms with Crippen LogP contribution in [0.3, 0.4) is 0 Å². The zero-order chi connectivity index (χ0) is 17.2. The van der Waals surface area contributed by atoms with Crippen molar-refractivity contribution < 1.29 is 13.2 Å². The Balaban J connectivity index is 2.25. The summed E-state index contributed by atoms with van der Waals surface area (Å²) in [4.78, 5) is 13.3. The van der Waals surface area contributed by atoms with E-state index < -0.39 is 10.0 Å². The summed E-state index contributed by atoms with van der Waals surface area (Å²) in [7, 11) is -0.680. The number of nitrogens with zero attached hydrogens (tertiary/aromatic N) is 2. The first-order chi connectivity index (χ1) is 10.8. The molecule has 23 heavy (non-hydrogen) atoms. The van der Waals surface area contributed by atoms with E-state index in [4.69, 9.17) is 5.26 Å². The van der Waals surface area contributed by atoms with E-state index >= 15 is 0 Å². The molecule has 2 rings (SSSR count). The molecule has 2 aromatic rings. The number of anilines is 1. The molecule has 0 aliphatic rings. The summed E-state index contributed by atoms with van der Waals surface area (Å²) in [6.07, 6.45) is 0. The van der Waals surface area contributed by atoms with Crippen molar-refractivity contribution >= 4 is 33.0 Å². The van der Waals surface area contributed by atoms with Gasteiger partial charge in [0.15, 0.2) is 0 Å². The first-order valence-corrected chi connectivity index (χ1v) is 8.86. The quantitative estimate of drug-likeness (QED) is 0.918. The van der Waals surface area contributed by atoms with Crippen LogP contribution in [0.4, 0.5) is 5.69 Å². The lowest BCUT2D eigenvalue weighted by molar-refractivity contribution is 0.103. The molecule has 0 spiro atoms. The van der Waals surface area contributed by atoms with Gasteiger partial charge < -0.3 is 5.32 Å². The summed E-state index contributed by atoms with van der Waals surface area (Å²) < 4.78 is 25.5. The molecule has 0 aliphatic heterocycles. The number of sulfonamides is 1. The van der Waals surface area contributed by atoms with Crippen molar-refractivity contribution in [2.75, 3.05) is 19.4 Å². The van der Waals surface area contributed by atoms with Crippen LogP contribution >= 0.6 is 11.3 Å². The standard InChI is InChI=1S/C15H15N3O3S2/c1-10-14(23(20,21)18(2)3)8-13(22-10)15(19)17-12-6-4-11(9-16)5-7-12/h4-8H,1-3H3,(H,17,19). The van der Waals surface area contributed by atoms with Crippen molar-refractivity contribution in [2.24, 2.45) is 0 Å². The third kappa shape index (κ3) is 3.59. The number of nitriles is 1. The Hall–Kier alpha value is -2.21. The van der Waals surface area contributed by atoms with Crippen LogP contribution < -0.4 is 5.32 Å². The van der Waals surface area contributed by atoms with E-state index in [1.165, 1.54) is 20.2 Å². The molecule has 1 aromatic heterocycles. The summed E-state index contributed by atoms with van der Waals surface area (Å²) in [5.74, 6) is -0.386. The average Bonchev–Trinajstić information content (AvgIpc) is 2.90. The van der Waals surface area contributed by atoms with Gasteiger partial charge in [0.25, 0.3) is 5.91 Å². The molecular weight excluding hydrogens is 334 g/mol. The minimum Gasteiger partial charge on any atom is -0.321 e. The fourth-order valence-corrected chi connectivity index (χ4v) is 4.20. The van der Waals surface area contributed by atoms with Gasteiger partial charge in [0.05, 0.1) is 21.4 Å². The second-order valence-electron chi connectivity index (χ2n) is 4.96. The maximum Gasteiger partial charge on any atom is 0.265 e. The van der Waals surface area contributed by atoms with Crippen LogP contribution in [0.1, 0.15) is 20.1 Å². The van der Waals surface area contributed by atoms with Crippen LogP contribution in [0, 0.1) is 18.3 Å². The number of benzene rings is 1. The number of nitrogens with one attached hydrogen (secondary N) is 1. The van der Waals surface area contributed by atoms with E-state index in [-0.39, 0.29) is 10.8 Å². The molecule has 1 N–H and O–H groups in total. The molecule has 0 bridgehead atoms. The topological polar surface area (TPSA) is 90.3 Å². The van der Waals surface area contributed by atoms with Crippen molar-refractivity contribution in [3.8, 4) is 6.07 Å². The molecule has 0 saturated heterocycles. The minimum absolute atomic E-state index is 0.137. The largest absolute Gasteiger partial charge is 0.321 e. The van der Waals surface area contributed by atoms with Gasteiger partial charge in [-0.05, 0) is 37.3 Å². The van der Waals surface area contributed by atoms with Gasteiger partial charge in [-0.3, -0.25) is 4.79 Å². The lowest BCUT2D eigenvalue weighted by Gasteiger charge is -2.10. The SMILES string of the molecule is Cc1sc(C(=O)Nc2ccc(C#N)cc2)cc1S(=O)(=O)N(C)C. The third-order valence-corrected chi connectivity index (χ3v) is 6.25. The smallest absolute Gasteiger partial charge is 0.265 e. The lowest BCUT2D eigenvalue weighted by atomic mass is 10.2. The van der Waals surface area contributed by atoms with E-state index in [2.05, 4.69) is 5.32 Å². The Labute approximate surface area is 139 Å². The predicted octanol–water partition coefficient (Wildman–Crippen LogP) is 2.43. The Morgan fingerprint density at radius 1 is 1.26 bits per heavy atom. The van der Waals surface area contributed by atoms with Crippen molar-refractivity contribution in [1.29, 1.82) is 5.26 Å². The zero-order valence-electron chi connectivity index (χ0n) is 12.8. The van der Waals surface area contributed by atoms with Crippen molar-refractivity contribution in [1.82, 2.24) is 4.31 Å². The molecule has 0 radical (unpaired) electrons. The number of hydrogen-bond donors (Lipinski definition) is 1. The maximum absolute atomic E-state index is 12.3. The highest BCUT2D eigenvalue weighted by molar-refractivity contribution is 7.89. The molecule has 0 atom stereocenters. The van der Waals surface area contributed by atoms with Gasteiger partial charge >= 0.3 is 0 Å². The second-order valence-corrected chi connectivity index (χ2v) is 8.34. The zero-order valence-corrected chi connectivity index (χ0v) is 14.5. The van der Waals surface area contributed by atoms with Gasteiger partial charge in [-0.25, -0.2) is 12.7 Å². The maximum atomic E-state index is 12.3. The number of hydrogen-bond acceptors (Lipinski definition) is 5. The molecule has 1 heterocycles. The molecule has 0 aliphatic carbocycles.